The van der Waals surface area contributed by atoms with Gasteiger partial charge in [-0.3, -0.25) is 4.90 Å². The van der Waals surface area contributed by atoms with Crippen molar-refractivity contribution in [3.8, 4) is 17.0 Å². The highest BCUT2D eigenvalue weighted by molar-refractivity contribution is 7.09. The fraction of sp³-hybridized carbons (Fsp3) is 0.458. The molecule has 0 radical (unpaired) electrons. The number of nitrogens with zero attached hydrogens (tertiary/aromatic N) is 4. The fourth-order valence-corrected chi connectivity index (χ4v) is 5.34. The highest BCUT2D eigenvalue weighted by Crippen LogP contribution is 2.49. The van der Waals surface area contributed by atoms with Gasteiger partial charge in [-0.2, -0.15) is 13.2 Å². The number of hydrogen-bond donors (Lipinski definition) is 1. The van der Waals surface area contributed by atoms with Crippen molar-refractivity contribution in [3.63, 3.8) is 0 Å². The molecular formula is C24H27F3N4O4S. The molecule has 8 nitrogen and oxygen atoms in total. The minimum Gasteiger partial charge on any atom is -0.480 e. The van der Waals surface area contributed by atoms with Crippen LogP contribution in [0.3, 0.4) is 0 Å². The second-order valence-corrected chi connectivity index (χ2v) is 9.60. The first-order valence-corrected chi connectivity index (χ1v) is 12.3. The number of alkyl halides is 3. The molecule has 1 N–H and O–H groups in total. The van der Waals surface area contributed by atoms with Gasteiger partial charge in [0.15, 0.2) is 5.60 Å². The molecule has 194 valence electrons. The molecule has 5 rings (SSSR count). The molecule has 1 spiro atoms. The van der Waals surface area contributed by atoms with Gasteiger partial charge in [-0.15, -0.1) is 11.3 Å². The van der Waals surface area contributed by atoms with E-state index in [1.54, 1.807) is 18.4 Å². The third-order valence-electron chi connectivity index (χ3n) is 6.37. The quantitative estimate of drug-likeness (QED) is 0.527. The summed E-state index contributed by atoms with van der Waals surface area (Å²) in [7, 11) is 1.74. The molecule has 0 unspecified atom stereocenters. The Bertz CT molecular complexity index is 1200. The number of fused-ring (bicyclic) bond motifs is 4. The molecule has 0 atom stereocenters. The fourth-order valence-electron chi connectivity index (χ4n) is 4.52. The van der Waals surface area contributed by atoms with E-state index in [0.29, 0.717) is 6.61 Å². The molecule has 36 heavy (non-hydrogen) atoms. The van der Waals surface area contributed by atoms with E-state index in [1.165, 1.54) is 10.6 Å². The highest BCUT2D eigenvalue weighted by Gasteiger charge is 2.46. The van der Waals surface area contributed by atoms with Gasteiger partial charge in [0, 0.05) is 56.6 Å². The number of aliphatic carboxylic acids is 1. The van der Waals surface area contributed by atoms with Gasteiger partial charge < -0.3 is 19.1 Å². The Hall–Kier alpha value is -2.96. The van der Waals surface area contributed by atoms with Crippen LogP contribution in [-0.2, 0) is 28.2 Å². The summed E-state index contributed by atoms with van der Waals surface area (Å²) in [5.41, 5.74) is 6.13. The Labute approximate surface area is 210 Å². The molecule has 0 saturated carbocycles. The molecular weight excluding hydrogens is 497 g/mol. The lowest BCUT2D eigenvalue weighted by Gasteiger charge is -2.44. The summed E-state index contributed by atoms with van der Waals surface area (Å²) in [5, 5.41) is 7.12. The summed E-state index contributed by atoms with van der Waals surface area (Å²) in [5.74, 6) is -1.81. The van der Waals surface area contributed by atoms with Gasteiger partial charge >= 0.3 is 12.1 Å². The molecule has 12 heteroatoms. The van der Waals surface area contributed by atoms with Gasteiger partial charge in [0.1, 0.15) is 5.75 Å². The number of aryl methyl sites for hydroxylation is 1. The number of carbonyl (C=O) groups is 1. The molecule has 0 bridgehead atoms. The van der Waals surface area contributed by atoms with Crippen LogP contribution < -0.4 is 4.74 Å². The van der Waals surface area contributed by atoms with Crippen LogP contribution in [0.25, 0.3) is 11.3 Å². The second-order valence-electron chi connectivity index (χ2n) is 8.66. The van der Waals surface area contributed by atoms with E-state index in [4.69, 9.17) is 24.4 Å². The summed E-state index contributed by atoms with van der Waals surface area (Å²) in [6.45, 7) is 6.51. The van der Waals surface area contributed by atoms with Crippen molar-refractivity contribution < 1.29 is 32.5 Å². The Morgan fingerprint density at radius 2 is 1.94 bits per heavy atom. The summed E-state index contributed by atoms with van der Waals surface area (Å²) in [6, 6.07) is 8.27. The first-order valence-electron chi connectivity index (χ1n) is 11.4. The Balaban J connectivity index is 0.000000384. The zero-order valence-electron chi connectivity index (χ0n) is 19.9. The van der Waals surface area contributed by atoms with Gasteiger partial charge in [0.25, 0.3) is 0 Å². The number of carboxylic acid groups (broad SMARTS) is 1. The van der Waals surface area contributed by atoms with E-state index in [2.05, 4.69) is 39.6 Å². The van der Waals surface area contributed by atoms with E-state index in [0.717, 1.165) is 61.7 Å². The maximum atomic E-state index is 10.6. The van der Waals surface area contributed by atoms with Gasteiger partial charge in [0.05, 0.1) is 35.5 Å². The number of aromatic nitrogens is 3. The zero-order valence-corrected chi connectivity index (χ0v) is 20.7. The number of likely N-dealkylation sites (tertiary alicyclic amines) is 1. The van der Waals surface area contributed by atoms with Crippen molar-refractivity contribution in [1.82, 2.24) is 19.4 Å². The monoisotopic (exact) mass is 524 g/mol. The standard InChI is InChI=1S/C22H26N4O2S.C2HF3O2/c1-16-19(29-15-24-16)13-25-9-7-22(8-10-25)21-20(23-14-26(21)11-12-27-2)17-5-3-4-6-18(17)28-22;3-2(4,5)1(6)7/h3-6,14-15H,7-13H2,1-2H3;(H,6,7). The first kappa shape index (κ1) is 26.1. The number of hydrogen-bond acceptors (Lipinski definition) is 7. The van der Waals surface area contributed by atoms with Crippen LogP contribution in [0, 0.1) is 6.92 Å². The van der Waals surface area contributed by atoms with Gasteiger partial charge in [0.2, 0.25) is 0 Å². The number of halogens is 3. The van der Waals surface area contributed by atoms with E-state index in [9.17, 15) is 13.2 Å². The maximum absolute atomic E-state index is 10.6. The minimum absolute atomic E-state index is 0.326. The average molecular weight is 525 g/mol. The molecule has 2 aliphatic rings. The van der Waals surface area contributed by atoms with Crippen molar-refractivity contribution in [2.45, 2.75) is 44.6 Å². The van der Waals surface area contributed by atoms with Crippen molar-refractivity contribution in [1.29, 1.82) is 0 Å². The number of rotatable bonds is 5. The van der Waals surface area contributed by atoms with E-state index >= 15 is 0 Å². The van der Waals surface area contributed by atoms with E-state index < -0.39 is 12.1 Å². The Morgan fingerprint density at radius 1 is 1.25 bits per heavy atom. The number of methoxy groups -OCH3 is 1. The van der Waals surface area contributed by atoms with Crippen LogP contribution in [0.15, 0.2) is 36.1 Å². The summed E-state index contributed by atoms with van der Waals surface area (Å²) in [4.78, 5) is 22.0. The molecule has 1 aromatic carbocycles. The molecule has 1 saturated heterocycles. The van der Waals surface area contributed by atoms with Crippen LogP contribution in [0.2, 0.25) is 0 Å². The second kappa shape index (κ2) is 10.6. The largest absolute Gasteiger partial charge is 0.490 e. The number of thiazole rings is 1. The topological polar surface area (TPSA) is 89.7 Å². The smallest absolute Gasteiger partial charge is 0.480 e. The lowest BCUT2D eigenvalue weighted by atomic mass is 9.83. The van der Waals surface area contributed by atoms with Crippen molar-refractivity contribution in [2.75, 3.05) is 26.8 Å². The number of piperidine rings is 1. The lowest BCUT2D eigenvalue weighted by Crippen LogP contribution is -2.48. The van der Waals surface area contributed by atoms with Crippen LogP contribution in [0.1, 0.15) is 29.1 Å². The molecule has 4 heterocycles. The first-order chi connectivity index (χ1) is 17.1. The third kappa shape index (κ3) is 5.40. The number of carboxylic acids is 1. The predicted octanol–water partition coefficient (Wildman–Crippen LogP) is 4.48. The number of imidazole rings is 1. The predicted molar refractivity (Wildman–Crippen MR) is 127 cm³/mol. The molecule has 3 aromatic rings. The van der Waals surface area contributed by atoms with Gasteiger partial charge in [-0.1, -0.05) is 12.1 Å². The third-order valence-corrected chi connectivity index (χ3v) is 7.29. The number of ether oxygens (including phenoxy) is 2. The Kier molecular flexibility index (Phi) is 7.67. The average Bonchev–Trinajstić information content (AvgIpc) is 3.46. The maximum Gasteiger partial charge on any atom is 0.490 e. The lowest BCUT2D eigenvalue weighted by molar-refractivity contribution is -0.192. The number of para-hydroxylation sites is 1. The highest BCUT2D eigenvalue weighted by atomic mass is 32.1. The van der Waals surface area contributed by atoms with Crippen LogP contribution in [0.4, 0.5) is 13.2 Å². The molecule has 0 amide bonds. The summed E-state index contributed by atoms with van der Waals surface area (Å²) >= 11 is 1.75. The van der Waals surface area contributed by atoms with E-state index in [1.807, 2.05) is 17.9 Å². The molecule has 2 aromatic heterocycles. The van der Waals surface area contributed by atoms with E-state index in [-0.39, 0.29) is 5.60 Å². The van der Waals surface area contributed by atoms with Gasteiger partial charge in [-0.25, -0.2) is 14.8 Å². The normalized spacial score (nSPS) is 16.5. The number of benzene rings is 1. The van der Waals surface area contributed by atoms with Crippen molar-refractivity contribution in [2.24, 2.45) is 0 Å². The van der Waals surface area contributed by atoms with Gasteiger partial charge in [-0.05, 0) is 19.1 Å². The SMILES string of the molecule is COCCn1cnc2c1C1(CCN(Cc3scnc3C)CC1)Oc1ccccc1-2.O=C(O)C(F)(F)F. The summed E-state index contributed by atoms with van der Waals surface area (Å²) in [6.07, 6.45) is -1.24. The van der Waals surface area contributed by atoms with Crippen LogP contribution in [0.5, 0.6) is 5.75 Å². The van der Waals surface area contributed by atoms with Crippen LogP contribution >= 0.6 is 11.3 Å². The zero-order chi connectivity index (χ0) is 25.9. The molecule has 1 fully saturated rings. The minimum atomic E-state index is -5.08. The van der Waals surface area contributed by atoms with Crippen molar-refractivity contribution in [3.05, 3.63) is 52.4 Å². The van der Waals surface area contributed by atoms with Crippen LogP contribution in [-0.4, -0.2) is 63.5 Å². The summed E-state index contributed by atoms with van der Waals surface area (Å²) < 4.78 is 46.0. The Morgan fingerprint density at radius 3 is 2.56 bits per heavy atom. The molecule has 0 aliphatic carbocycles. The van der Waals surface area contributed by atoms with Crippen molar-refractivity contribution >= 4 is 17.3 Å². The molecule has 2 aliphatic heterocycles.